The molecule has 13 heteroatoms. The molecule has 30 heavy (non-hydrogen) atoms. The number of hydrogen-bond donors (Lipinski definition) is 8. The van der Waals surface area contributed by atoms with Gasteiger partial charge in [-0.05, 0) is 5.56 Å². The zero-order valence-electron chi connectivity index (χ0n) is 15.5. The SMILES string of the molecule is Nc1nc2c(c(CNC3C(O)C(O)=C4OC43)cn2C2OC(CO)C(O)C2O)c(=O)[nH]1. The number of anilines is 1. The lowest BCUT2D eigenvalue weighted by molar-refractivity contribution is -0.0509. The Hall–Kier alpha value is -2.68. The van der Waals surface area contributed by atoms with Crippen molar-refractivity contribution in [2.24, 2.45) is 0 Å². The largest absolute Gasteiger partial charge is 0.506 e. The second-order valence-corrected chi connectivity index (χ2v) is 7.58. The highest BCUT2D eigenvalue weighted by molar-refractivity contribution is 5.80. The van der Waals surface area contributed by atoms with Gasteiger partial charge in [-0.3, -0.25) is 9.78 Å². The number of nitrogens with one attached hydrogen (secondary N) is 2. The van der Waals surface area contributed by atoms with Crippen LogP contribution in [-0.4, -0.2) is 83.2 Å². The average molecular weight is 423 g/mol. The highest BCUT2D eigenvalue weighted by Crippen LogP contribution is 2.42. The summed E-state index contributed by atoms with van der Waals surface area (Å²) in [5.41, 5.74) is 5.74. The zero-order valence-corrected chi connectivity index (χ0v) is 15.5. The van der Waals surface area contributed by atoms with Crippen molar-refractivity contribution >= 4 is 17.0 Å². The van der Waals surface area contributed by atoms with Crippen LogP contribution in [0.25, 0.3) is 11.0 Å². The van der Waals surface area contributed by atoms with Crippen LogP contribution in [-0.2, 0) is 16.0 Å². The molecule has 5 rings (SSSR count). The molecule has 7 atom stereocenters. The maximum Gasteiger partial charge on any atom is 0.262 e. The number of nitrogen functional groups attached to an aromatic ring is 1. The Balaban J connectivity index is 1.50. The fourth-order valence-corrected chi connectivity index (χ4v) is 4.16. The van der Waals surface area contributed by atoms with Crippen LogP contribution in [0.3, 0.4) is 0 Å². The predicted molar refractivity (Wildman–Crippen MR) is 98.9 cm³/mol. The number of aliphatic hydroxyl groups is 5. The number of H-pyrrole nitrogens is 1. The van der Waals surface area contributed by atoms with Gasteiger partial charge in [0.05, 0.1) is 18.0 Å². The van der Waals surface area contributed by atoms with E-state index < -0.39 is 55.0 Å². The Labute approximate surface area is 168 Å². The first-order valence-corrected chi connectivity index (χ1v) is 9.34. The minimum absolute atomic E-state index is 0.0924. The molecule has 2 aliphatic heterocycles. The van der Waals surface area contributed by atoms with E-state index in [4.69, 9.17) is 15.2 Å². The lowest BCUT2D eigenvalue weighted by Crippen LogP contribution is -2.42. The Morgan fingerprint density at radius 3 is 2.70 bits per heavy atom. The van der Waals surface area contributed by atoms with Crippen LogP contribution in [0.1, 0.15) is 11.8 Å². The molecule has 162 valence electrons. The molecule has 0 amide bonds. The lowest BCUT2D eigenvalue weighted by Gasteiger charge is -2.18. The molecule has 2 fully saturated rings. The lowest BCUT2D eigenvalue weighted by atomic mass is 10.1. The third kappa shape index (κ3) is 2.71. The summed E-state index contributed by atoms with van der Waals surface area (Å²) in [7, 11) is 0. The Kier molecular flexibility index (Phi) is 4.29. The highest BCUT2D eigenvalue weighted by Gasteiger charge is 2.55. The molecule has 2 aromatic heterocycles. The molecule has 2 aromatic rings. The van der Waals surface area contributed by atoms with Crippen molar-refractivity contribution in [3.8, 4) is 0 Å². The molecule has 0 aromatic carbocycles. The standard InChI is InChI=1S/C17H21N5O8/c18-17-20-14-6(15(28)21-17)4(1-19-7-9(25)10(26)13-12(7)30-13)2-22(14)16-11(27)8(24)5(3-23)29-16/h2,5,7-9,11-12,16,19,23-27H,1,3H2,(H3,18,20,21,28). The summed E-state index contributed by atoms with van der Waals surface area (Å²) in [6.45, 7) is -0.409. The highest BCUT2D eigenvalue weighted by atomic mass is 16.6. The van der Waals surface area contributed by atoms with E-state index in [2.05, 4.69) is 15.3 Å². The summed E-state index contributed by atoms with van der Waals surface area (Å²) >= 11 is 0. The number of fused-ring (bicyclic) bond motifs is 2. The molecule has 7 unspecified atom stereocenters. The first kappa shape index (κ1) is 19.3. The summed E-state index contributed by atoms with van der Waals surface area (Å²) < 4.78 is 12.1. The van der Waals surface area contributed by atoms with Gasteiger partial charge in [0.1, 0.15) is 24.4 Å². The quantitative estimate of drug-likeness (QED) is 0.226. The number of nitrogens with zero attached hydrogens (tertiary/aromatic N) is 2. The van der Waals surface area contributed by atoms with Gasteiger partial charge in [-0.25, -0.2) is 0 Å². The van der Waals surface area contributed by atoms with E-state index in [1.807, 2.05) is 0 Å². The minimum atomic E-state index is -1.37. The molecule has 0 radical (unpaired) electrons. The molecule has 2 saturated heterocycles. The summed E-state index contributed by atoms with van der Waals surface area (Å²) in [5, 5.41) is 52.9. The monoisotopic (exact) mass is 423 g/mol. The van der Waals surface area contributed by atoms with Crippen molar-refractivity contribution in [2.45, 2.75) is 49.3 Å². The van der Waals surface area contributed by atoms with Gasteiger partial charge in [-0.2, -0.15) is 4.98 Å². The number of aromatic amines is 1. The Bertz CT molecular complexity index is 1100. The fourth-order valence-electron chi connectivity index (χ4n) is 4.16. The summed E-state index contributed by atoms with van der Waals surface area (Å²) in [6.07, 6.45) is -4.85. The fraction of sp³-hybridized carbons (Fsp3) is 0.529. The van der Waals surface area contributed by atoms with Gasteiger partial charge < -0.3 is 50.6 Å². The number of aromatic nitrogens is 3. The molecule has 0 bridgehead atoms. The number of epoxide rings is 1. The first-order valence-electron chi connectivity index (χ1n) is 9.34. The van der Waals surface area contributed by atoms with Crippen molar-refractivity contribution in [1.29, 1.82) is 0 Å². The smallest absolute Gasteiger partial charge is 0.262 e. The Morgan fingerprint density at radius 2 is 2.07 bits per heavy atom. The van der Waals surface area contributed by atoms with E-state index in [1.54, 1.807) is 0 Å². The third-order valence-corrected chi connectivity index (χ3v) is 5.75. The summed E-state index contributed by atoms with van der Waals surface area (Å²) in [6, 6.07) is -0.590. The maximum absolute atomic E-state index is 12.6. The number of rotatable bonds is 5. The molecule has 13 nitrogen and oxygen atoms in total. The van der Waals surface area contributed by atoms with E-state index in [1.165, 1.54) is 10.8 Å². The molecule has 1 aliphatic carbocycles. The van der Waals surface area contributed by atoms with E-state index >= 15 is 0 Å². The van der Waals surface area contributed by atoms with Gasteiger partial charge in [0, 0.05) is 12.7 Å². The van der Waals surface area contributed by atoms with Gasteiger partial charge in [0.15, 0.2) is 29.5 Å². The second kappa shape index (κ2) is 6.66. The minimum Gasteiger partial charge on any atom is -0.506 e. The van der Waals surface area contributed by atoms with Crippen LogP contribution < -0.4 is 16.6 Å². The maximum atomic E-state index is 12.6. The first-order chi connectivity index (χ1) is 14.3. The van der Waals surface area contributed by atoms with Gasteiger partial charge in [0.2, 0.25) is 5.95 Å². The van der Waals surface area contributed by atoms with Crippen LogP contribution in [0.2, 0.25) is 0 Å². The second-order valence-electron chi connectivity index (χ2n) is 7.58. The van der Waals surface area contributed by atoms with E-state index in [0.717, 1.165) is 0 Å². The molecule has 0 saturated carbocycles. The van der Waals surface area contributed by atoms with Gasteiger partial charge in [0.25, 0.3) is 5.56 Å². The number of ether oxygens (including phenoxy) is 2. The topological polar surface area (TPSA) is 212 Å². The van der Waals surface area contributed by atoms with Crippen LogP contribution in [0, 0.1) is 0 Å². The van der Waals surface area contributed by atoms with Gasteiger partial charge in [-0.15, -0.1) is 0 Å². The van der Waals surface area contributed by atoms with Crippen LogP contribution in [0.4, 0.5) is 5.95 Å². The third-order valence-electron chi connectivity index (χ3n) is 5.75. The van der Waals surface area contributed by atoms with Crippen LogP contribution in [0.15, 0.2) is 22.5 Å². The molecule has 0 spiro atoms. The number of aliphatic hydroxyl groups excluding tert-OH is 5. The van der Waals surface area contributed by atoms with E-state index in [-0.39, 0.29) is 29.3 Å². The summed E-state index contributed by atoms with van der Waals surface area (Å²) in [4.78, 5) is 19.1. The van der Waals surface area contributed by atoms with Gasteiger partial charge in [-0.1, -0.05) is 0 Å². The van der Waals surface area contributed by atoms with Crippen molar-refractivity contribution in [1.82, 2.24) is 19.9 Å². The molecule has 9 N–H and O–H groups in total. The van der Waals surface area contributed by atoms with Crippen molar-refractivity contribution < 1.29 is 35.0 Å². The van der Waals surface area contributed by atoms with E-state index in [9.17, 15) is 30.3 Å². The Morgan fingerprint density at radius 1 is 1.30 bits per heavy atom. The molecule has 4 heterocycles. The molecular weight excluding hydrogens is 402 g/mol. The normalized spacial score (nSPS) is 35.1. The average Bonchev–Trinajstić information content (AvgIpc) is 3.26. The molecular formula is C17H21N5O8. The van der Waals surface area contributed by atoms with Crippen molar-refractivity contribution in [2.75, 3.05) is 12.3 Å². The summed E-state index contributed by atoms with van der Waals surface area (Å²) in [5.74, 6) is -0.00517. The predicted octanol–water partition coefficient (Wildman–Crippen LogP) is -3.08. The number of hydrogen-bond acceptors (Lipinski definition) is 11. The zero-order chi connectivity index (χ0) is 21.3. The van der Waals surface area contributed by atoms with Crippen molar-refractivity contribution in [3.63, 3.8) is 0 Å². The van der Waals surface area contributed by atoms with Gasteiger partial charge >= 0.3 is 0 Å². The number of nitrogens with two attached hydrogens (primary N) is 1. The van der Waals surface area contributed by atoms with Crippen LogP contribution in [0.5, 0.6) is 0 Å². The molecule has 3 aliphatic rings. The van der Waals surface area contributed by atoms with Crippen LogP contribution >= 0.6 is 0 Å². The van der Waals surface area contributed by atoms with E-state index in [0.29, 0.717) is 11.3 Å². The van der Waals surface area contributed by atoms with Crippen molar-refractivity contribution in [3.05, 3.63) is 33.6 Å².